The van der Waals surface area contributed by atoms with E-state index in [2.05, 4.69) is 39.9 Å². The smallest absolute Gasteiger partial charge is 0.190 e. The van der Waals surface area contributed by atoms with Gasteiger partial charge in [0.1, 0.15) is 0 Å². The highest BCUT2D eigenvalue weighted by atomic mass is 127. The first-order chi connectivity index (χ1) is 13.4. The van der Waals surface area contributed by atoms with Gasteiger partial charge in [0, 0.05) is 45.9 Å². The molecule has 1 aliphatic rings. The summed E-state index contributed by atoms with van der Waals surface area (Å²) in [6.07, 6.45) is 4.02. The zero-order chi connectivity index (χ0) is 19.0. The molecule has 0 saturated carbocycles. The van der Waals surface area contributed by atoms with Gasteiger partial charge in [-0.15, -0.1) is 24.0 Å². The van der Waals surface area contributed by atoms with Crippen LogP contribution >= 0.6 is 24.0 Å². The number of aliphatic imine (C=N–C) groups is 1. The van der Waals surface area contributed by atoms with Crippen molar-refractivity contribution in [1.29, 1.82) is 0 Å². The zero-order valence-corrected chi connectivity index (χ0v) is 19.4. The van der Waals surface area contributed by atoms with E-state index in [1.54, 1.807) is 7.05 Å². The fourth-order valence-electron chi connectivity index (χ4n) is 2.88. The number of nitrogens with one attached hydrogen (secondary N) is 2. The lowest BCUT2D eigenvalue weighted by atomic mass is 10.1. The first-order valence-electron chi connectivity index (χ1n) is 10.1. The summed E-state index contributed by atoms with van der Waals surface area (Å²) in [4.78, 5) is 4.24. The summed E-state index contributed by atoms with van der Waals surface area (Å²) in [5.41, 5.74) is 1.32. The van der Waals surface area contributed by atoms with Crippen LogP contribution < -0.4 is 10.6 Å². The molecule has 0 amide bonds. The minimum Gasteiger partial charge on any atom is -0.381 e. The van der Waals surface area contributed by atoms with Gasteiger partial charge >= 0.3 is 0 Å². The molecule has 0 aromatic heterocycles. The molecule has 1 aliphatic heterocycles. The molecule has 2 N–H and O–H groups in total. The molecule has 1 aromatic carbocycles. The van der Waals surface area contributed by atoms with Crippen molar-refractivity contribution in [2.45, 2.75) is 25.7 Å². The molecule has 28 heavy (non-hydrogen) atoms. The van der Waals surface area contributed by atoms with Gasteiger partial charge in [-0.2, -0.15) is 0 Å². The Morgan fingerprint density at radius 1 is 1.07 bits per heavy atom. The Bertz CT molecular complexity index is 511. The van der Waals surface area contributed by atoms with Crippen molar-refractivity contribution >= 4 is 29.9 Å². The average Bonchev–Trinajstić information content (AvgIpc) is 3.22. The van der Waals surface area contributed by atoms with Crippen LogP contribution in [0.3, 0.4) is 0 Å². The van der Waals surface area contributed by atoms with Gasteiger partial charge in [-0.05, 0) is 31.2 Å². The highest BCUT2D eigenvalue weighted by Gasteiger charge is 2.15. The van der Waals surface area contributed by atoms with Crippen molar-refractivity contribution in [2.75, 3.05) is 59.8 Å². The number of halogens is 1. The van der Waals surface area contributed by atoms with Gasteiger partial charge in [0.05, 0.1) is 19.8 Å². The molecule has 0 spiro atoms. The van der Waals surface area contributed by atoms with Gasteiger partial charge in [-0.3, -0.25) is 4.99 Å². The standard InChI is InChI=1S/C21H35N3O3.HI/c1-22-21(24-12-6-14-26-17-20-10-16-27-18-20)23-11-5-13-25-15-9-19-7-3-2-4-8-19;/h2-4,7-8,20H,5-6,9-18H2,1H3,(H2,22,23,24);1H. The molecule has 1 atom stereocenters. The molecule has 160 valence electrons. The van der Waals surface area contributed by atoms with Crippen molar-refractivity contribution in [3.8, 4) is 0 Å². The SMILES string of the molecule is CN=C(NCCCOCCc1ccccc1)NCCCOCC1CCOC1.I. The third kappa shape index (κ3) is 11.8. The molecule has 1 fully saturated rings. The number of rotatable bonds is 13. The van der Waals surface area contributed by atoms with Crippen LogP contribution in [0.2, 0.25) is 0 Å². The maximum Gasteiger partial charge on any atom is 0.190 e. The predicted molar refractivity (Wildman–Crippen MR) is 125 cm³/mol. The van der Waals surface area contributed by atoms with E-state index in [1.807, 2.05) is 6.07 Å². The third-order valence-corrected chi connectivity index (χ3v) is 4.49. The maximum atomic E-state index is 5.70. The van der Waals surface area contributed by atoms with E-state index in [1.165, 1.54) is 5.56 Å². The predicted octanol–water partition coefficient (Wildman–Crippen LogP) is 2.86. The van der Waals surface area contributed by atoms with Crippen molar-refractivity contribution < 1.29 is 14.2 Å². The molecule has 1 unspecified atom stereocenters. The van der Waals surface area contributed by atoms with E-state index in [0.29, 0.717) is 5.92 Å². The second-order valence-electron chi connectivity index (χ2n) is 6.79. The van der Waals surface area contributed by atoms with E-state index >= 15 is 0 Å². The molecule has 6 nitrogen and oxygen atoms in total. The summed E-state index contributed by atoms with van der Waals surface area (Å²) in [5, 5.41) is 6.63. The molecule has 1 heterocycles. The molecule has 2 rings (SSSR count). The average molecular weight is 505 g/mol. The molecule has 1 saturated heterocycles. The second-order valence-corrected chi connectivity index (χ2v) is 6.79. The summed E-state index contributed by atoms with van der Waals surface area (Å²) < 4.78 is 16.7. The van der Waals surface area contributed by atoms with Gasteiger partial charge in [-0.1, -0.05) is 30.3 Å². The Balaban J connectivity index is 0.00000392. The van der Waals surface area contributed by atoms with Crippen molar-refractivity contribution in [2.24, 2.45) is 10.9 Å². The lowest BCUT2D eigenvalue weighted by molar-refractivity contribution is 0.0888. The second kappa shape index (κ2) is 17.0. The van der Waals surface area contributed by atoms with E-state index in [-0.39, 0.29) is 24.0 Å². The Hall–Kier alpha value is -0.900. The Labute approximate surface area is 186 Å². The number of guanidine groups is 1. The minimum atomic E-state index is 0. The number of hydrogen-bond donors (Lipinski definition) is 2. The number of ether oxygens (including phenoxy) is 3. The van der Waals surface area contributed by atoms with Gasteiger partial charge in [-0.25, -0.2) is 0 Å². The normalized spacial score (nSPS) is 16.6. The van der Waals surface area contributed by atoms with Gasteiger partial charge in [0.15, 0.2) is 5.96 Å². The van der Waals surface area contributed by atoms with Gasteiger partial charge in [0.25, 0.3) is 0 Å². The highest BCUT2D eigenvalue weighted by molar-refractivity contribution is 14.0. The van der Waals surface area contributed by atoms with Crippen LogP contribution in [0.4, 0.5) is 0 Å². The van der Waals surface area contributed by atoms with Crippen molar-refractivity contribution in [3.05, 3.63) is 35.9 Å². The summed E-state index contributed by atoms with van der Waals surface area (Å²) in [6.45, 7) is 6.56. The van der Waals surface area contributed by atoms with Crippen LogP contribution in [0.5, 0.6) is 0 Å². The molecular weight excluding hydrogens is 469 g/mol. The number of nitrogens with zero attached hydrogens (tertiary/aromatic N) is 1. The van der Waals surface area contributed by atoms with Crippen LogP contribution in [-0.2, 0) is 20.6 Å². The molecule has 0 aliphatic carbocycles. The molecular formula is C21H36IN3O3. The highest BCUT2D eigenvalue weighted by Crippen LogP contribution is 2.12. The minimum absolute atomic E-state index is 0. The lowest BCUT2D eigenvalue weighted by Crippen LogP contribution is -2.38. The van der Waals surface area contributed by atoms with Crippen LogP contribution in [0.25, 0.3) is 0 Å². The molecule has 1 aromatic rings. The summed E-state index contributed by atoms with van der Waals surface area (Å²) in [5.74, 6) is 1.42. The van der Waals surface area contributed by atoms with Crippen LogP contribution in [0.1, 0.15) is 24.8 Å². The van der Waals surface area contributed by atoms with Crippen molar-refractivity contribution in [3.63, 3.8) is 0 Å². The summed E-state index contributed by atoms with van der Waals surface area (Å²) in [6, 6.07) is 10.4. The van der Waals surface area contributed by atoms with E-state index in [4.69, 9.17) is 14.2 Å². The number of hydrogen-bond acceptors (Lipinski definition) is 4. The quantitative estimate of drug-likeness (QED) is 0.187. The first kappa shape index (κ1) is 25.1. The van der Waals surface area contributed by atoms with Crippen LogP contribution in [0, 0.1) is 5.92 Å². The fraction of sp³-hybridized carbons (Fsp3) is 0.667. The van der Waals surface area contributed by atoms with Gasteiger partial charge < -0.3 is 24.8 Å². The van der Waals surface area contributed by atoms with E-state index in [9.17, 15) is 0 Å². The monoisotopic (exact) mass is 505 g/mol. The Morgan fingerprint density at radius 2 is 1.79 bits per heavy atom. The zero-order valence-electron chi connectivity index (χ0n) is 17.0. The fourth-order valence-corrected chi connectivity index (χ4v) is 2.88. The first-order valence-corrected chi connectivity index (χ1v) is 10.1. The molecule has 7 heteroatoms. The molecule has 0 bridgehead atoms. The van der Waals surface area contributed by atoms with Crippen molar-refractivity contribution in [1.82, 2.24) is 10.6 Å². The molecule has 0 radical (unpaired) electrons. The largest absolute Gasteiger partial charge is 0.381 e. The van der Waals surface area contributed by atoms with Crippen LogP contribution in [0.15, 0.2) is 35.3 Å². The third-order valence-electron chi connectivity index (χ3n) is 4.49. The van der Waals surface area contributed by atoms with E-state index < -0.39 is 0 Å². The van der Waals surface area contributed by atoms with E-state index in [0.717, 1.165) is 84.4 Å². The Morgan fingerprint density at radius 3 is 2.43 bits per heavy atom. The van der Waals surface area contributed by atoms with Crippen LogP contribution in [-0.4, -0.2) is 65.7 Å². The Kier molecular flexibility index (Phi) is 15.3. The number of benzene rings is 1. The maximum absolute atomic E-state index is 5.70. The summed E-state index contributed by atoms with van der Waals surface area (Å²) in [7, 11) is 1.79. The van der Waals surface area contributed by atoms with Gasteiger partial charge in [0.2, 0.25) is 0 Å². The topological polar surface area (TPSA) is 64.1 Å². The summed E-state index contributed by atoms with van der Waals surface area (Å²) >= 11 is 0. The lowest BCUT2D eigenvalue weighted by Gasteiger charge is -2.12.